The molecule has 1 aromatic carbocycles. The second-order valence-electron chi connectivity index (χ2n) is 15.9. The molecule has 1 saturated heterocycles. The van der Waals surface area contributed by atoms with Crippen LogP contribution in [0.1, 0.15) is 87.5 Å². The maximum Gasteiger partial charge on any atom is 0.264 e. The standard InChI is InChI=1S/C40H67N5O9S/c1-14-26(6)37(44(11)40(50)31(24(2)3)22-33(47)36(25(4)5)43(9)10)34(53-12)23-35(48)45-21-15-16-32(45)38(54-13)27(7)39(49)42-55(51,52)30-19-17-29(18-20-30)41-28(8)46/h17-20,24-27,31-32,34,36-38H,14-16,21-23H2,1-13H3,(H,41,46)(H,42,49)/t26-,27+,31-,32-,34+,36-,37-,38+/m0/s1. The molecule has 4 amide bonds. The van der Waals surface area contributed by atoms with Crippen LogP contribution in [0.15, 0.2) is 29.2 Å². The molecule has 1 aliphatic heterocycles. The zero-order chi connectivity index (χ0) is 41.9. The molecule has 0 aromatic heterocycles. The summed E-state index contributed by atoms with van der Waals surface area (Å²) in [6.07, 6.45) is 0.487. The van der Waals surface area contributed by atoms with Crippen molar-refractivity contribution in [1.29, 1.82) is 0 Å². The number of Topliss-reactive ketones (excluding diaryl/α,β-unsaturated/α-hetero) is 1. The van der Waals surface area contributed by atoms with Crippen LogP contribution in [0.2, 0.25) is 0 Å². The molecule has 0 radical (unpaired) electrons. The number of sulfonamides is 1. The summed E-state index contributed by atoms with van der Waals surface area (Å²) < 4.78 is 40.2. The van der Waals surface area contributed by atoms with Crippen molar-refractivity contribution in [2.24, 2.45) is 29.6 Å². The number of hydrogen-bond donors (Lipinski definition) is 2. The number of hydrogen-bond acceptors (Lipinski definition) is 10. The molecule has 8 atom stereocenters. The van der Waals surface area contributed by atoms with Gasteiger partial charge in [0.15, 0.2) is 5.78 Å². The fraction of sp³-hybridized carbons (Fsp3) is 0.725. The van der Waals surface area contributed by atoms with Crippen molar-refractivity contribution in [3.63, 3.8) is 0 Å². The second-order valence-corrected chi connectivity index (χ2v) is 17.6. The number of ketones is 1. The molecule has 1 aliphatic rings. The third kappa shape index (κ3) is 12.5. The van der Waals surface area contributed by atoms with E-state index in [0.717, 1.165) is 0 Å². The number of benzene rings is 1. The zero-order valence-electron chi connectivity index (χ0n) is 35.2. The van der Waals surface area contributed by atoms with E-state index in [1.54, 1.807) is 23.8 Å². The molecule has 1 fully saturated rings. The van der Waals surface area contributed by atoms with E-state index in [-0.39, 0.29) is 65.0 Å². The van der Waals surface area contributed by atoms with E-state index >= 15 is 0 Å². The highest BCUT2D eigenvalue weighted by atomic mass is 32.2. The fourth-order valence-electron chi connectivity index (χ4n) is 7.97. The van der Waals surface area contributed by atoms with Crippen molar-refractivity contribution < 1.29 is 41.9 Å². The van der Waals surface area contributed by atoms with E-state index in [1.165, 1.54) is 45.4 Å². The van der Waals surface area contributed by atoms with Crippen molar-refractivity contribution in [1.82, 2.24) is 19.4 Å². The lowest BCUT2D eigenvalue weighted by Gasteiger charge is -2.41. The summed E-state index contributed by atoms with van der Waals surface area (Å²) >= 11 is 0. The summed E-state index contributed by atoms with van der Waals surface area (Å²) in [7, 11) is 4.19. The smallest absolute Gasteiger partial charge is 0.264 e. The summed E-state index contributed by atoms with van der Waals surface area (Å²) in [5, 5.41) is 2.57. The van der Waals surface area contributed by atoms with Gasteiger partial charge in [-0.15, -0.1) is 0 Å². The van der Waals surface area contributed by atoms with Crippen molar-refractivity contribution in [3.8, 4) is 0 Å². The van der Waals surface area contributed by atoms with E-state index in [1.807, 2.05) is 60.5 Å². The third-order valence-electron chi connectivity index (χ3n) is 11.0. The van der Waals surface area contributed by atoms with Crippen LogP contribution in [0.25, 0.3) is 0 Å². The van der Waals surface area contributed by atoms with Gasteiger partial charge in [-0.2, -0.15) is 0 Å². The van der Waals surface area contributed by atoms with Crippen LogP contribution in [-0.2, 0) is 43.5 Å². The molecule has 0 aliphatic carbocycles. The van der Waals surface area contributed by atoms with Crippen LogP contribution in [0, 0.1) is 29.6 Å². The molecule has 0 unspecified atom stereocenters. The molecule has 1 heterocycles. The molecule has 2 rings (SSSR count). The van der Waals surface area contributed by atoms with Gasteiger partial charge in [0.2, 0.25) is 23.6 Å². The fourth-order valence-corrected chi connectivity index (χ4v) is 9.04. The number of carbonyl (C=O) groups is 5. The van der Waals surface area contributed by atoms with Gasteiger partial charge in [0.05, 0.1) is 47.6 Å². The Bertz CT molecular complexity index is 1560. The monoisotopic (exact) mass is 793 g/mol. The normalized spacial score (nSPS) is 18.7. The number of nitrogens with zero attached hydrogens (tertiary/aromatic N) is 3. The Labute approximate surface area is 329 Å². The van der Waals surface area contributed by atoms with E-state index in [2.05, 4.69) is 10.0 Å². The zero-order valence-corrected chi connectivity index (χ0v) is 36.1. The number of carbonyl (C=O) groups excluding carboxylic acids is 5. The summed E-state index contributed by atoms with van der Waals surface area (Å²) in [6.45, 7) is 15.2. The molecule has 312 valence electrons. The van der Waals surface area contributed by atoms with E-state index < -0.39 is 52.1 Å². The molecule has 0 spiro atoms. The number of amides is 4. The molecule has 2 N–H and O–H groups in total. The molecular formula is C40H67N5O9S. The Morgan fingerprint density at radius 1 is 0.909 bits per heavy atom. The average molecular weight is 794 g/mol. The number of likely N-dealkylation sites (N-methyl/N-ethyl adjacent to an activating group) is 2. The lowest BCUT2D eigenvalue weighted by atomic mass is 9.83. The first-order valence-corrected chi connectivity index (χ1v) is 20.9. The predicted molar refractivity (Wildman–Crippen MR) is 212 cm³/mol. The molecular weight excluding hydrogens is 727 g/mol. The molecule has 1 aromatic rings. The van der Waals surface area contributed by atoms with Gasteiger partial charge in [-0.05, 0) is 69.0 Å². The van der Waals surface area contributed by atoms with Gasteiger partial charge >= 0.3 is 0 Å². The van der Waals surface area contributed by atoms with Crippen LogP contribution in [0.3, 0.4) is 0 Å². The van der Waals surface area contributed by atoms with Gasteiger partial charge in [-0.25, -0.2) is 13.1 Å². The molecule has 0 saturated carbocycles. The van der Waals surface area contributed by atoms with Gasteiger partial charge < -0.3 is 24.6 Å². The minimum absolute atomic E-state index is 0.0182. The summed E-state index contributed by atoms with van der Waals surface area (Å²) in [6, 6.07) is 4.12. The van der Waals surface area contributed by atoms with Crippen molar-refractivity contribution in [2.45, 2.75) is 123 Å². The Hall–Kier alpha value is -3.40. The van der Waals surface area contributed by atoms with Crippen molar-refractivity contribution >= 4 is 45.1 Å². The van der Waals surface area contributed by atoms with Crippen LogP contribution in [0.5, 0.6) is 0 Å². The molecule has 0 bridgehead atoms. The first-order valence-electron chi connectivity index (χ1n) is 19.4. The number of ether oxygens (including phenoxy) is 2. The minimum atomic E-state index is -4.25. The van der Waals surface area contributed by atoms with Gasteiger partial charge in [-0.3, -0.25) is 28.9 Å². The predicted octanol–water partition coefficient (Wildman–Crippen LogP) is 4.19. The highest BCUT2D eigenvalue weighted by Gasteiger charge is 2.43. The van der Waals surface area contributed by atoms with Crippen molar-refractivity contribution in [2.75, 3.05) is 47.2 Å². The van der Waals surface area contributed by atoms with Gasteiger partial charge in [0, 0.05) is 52.8 Å². The quantitative estimate of drug-likeness (QED) is 0.184. The molecule has 55 heavy (non-hydrogen) atoms. The second kappa shape index (κ2) is 21.2. The number of likely N-dealkylation sites (tertiary alicyclic amines) is 1. The third-order valence-corrected chi connectivity index (χ3v) is 12.4. The molecule has 15 heteroatoms. The first kappa shape index (κ1) is 47.8. The van der Waals surface area contributed by atoms with Crippen LogP contribution in [0.4, 0.5) is 5.69 Å². The molecule has 14 nitrogen and oxygen atoms in total. The summed E-state index contributed by atoms with van der Waals surface area (Å²) in [4.78, 5) is 71.8. The first-order chi connectivity index (χ1) is 25.6. The van der Waals surface area contributed by atoms with Gasteiger partial charge in [0.25, 0.3) is 10.0 Å². The number of rotatable bonds is 21. The highest BCUT2D eigenvalue weighted by molar-refractivity contribution is 7.90. The van der Waals surface area contributed by atoms with Gasteiger partial charge in [-0.1, -0.05) is 54.9 Å². The van der Waals surface area contributed by atoms with Crippen LogP contribution < -0.4 is 10.0 Å². The Morgan fingerprint density at radius 3 is 1.98 bits per heavy atom. The maximum atomic E-state index is 14.3. The van der Waals surface area contributed by atoms with E-state index in [0.29, 0.717) is 31.5 Å². The van der Waals surface area contributed by atoms with E-state index in [4.69, 9.17) is 9.47 Å². The van der Waals surface area contributed by atoms with Crippen LogP contribution in [-0.4, -0.2) is 125 Å². The minimum Gasteiger partial charge on any atom is -0.379 e. The largest absolute Gasteiger partial charge is 0.379 e. The summed E-state index contributed by atoms with van der Waals surface area (Å²) in [5.41, 5.74) is 0.410. The Kier molecular flexibility index (Phi) is 18.4. The van der Waals surface area contributed by atoms with Crippen LogP contribution >= 0.6 is 0 Å². The number of anilines is 1. The number of nitrogens with one attached hydrogen (secondary N) is 2. The SMILES string of the molecule is CC[C@H](C)[C@@H]([C@@H](CC(=O)N1CCC[C@H]1[C@H](OC)[C@@H](C)C(=O)NS(=O)(=O)c1ccc(NC(C)=O)cc1)OC)N(C)C(=O)[C@@H](CC(=O)[C@H](C(C)C)N(C)C)C(C)C. The Balaban J connectivity index is 2.28. The average Bonchev–Trinajstić information content (AvgIpc) is 3.59. The number of methoxy groups -OCH3 is 2. The lowest BCUT2D eigenvalue weighted by molar-refractivity contribution is -0.149. The van der Waals surface area contributed by atoms with Crippen molar-refractivity contribution in [3.05, 3.63) is 24.3 Å². The Morgan fingerprint density at radius 2 is 1.51 bits per heavy atom. The lowest BCUT2D eigenvalue weighted by Crippen LogP contribution is -2.54. The highest BCUT2D eigenvalue weighted by Crippen LogP contribution is 2.31. The maximum absolute atomic E-state index is 14.3. The van der Waals surface area contributed by atoms with E-state index in [9.17, 15) is 32.4 Å². The summed E-state index contributed by atoms with van der Waals surface area (Å²) in [5.74, 6) is -3.04. The van der Waals surface area contributed by atoms with Gasteiger partial charge in [0.1, 0.15) is 0 Å². The topological polar surface area (TPSA) is 172 Å².